The van der Waals surface area contributed by atoms with Gasteiger partial charge in [-0.05, 0) is 12.5 Å². The zero-order chi connectivity index (χ0) is 14.4. The number of carbonyl (C=O) groups is 1. The normalized spacial score (nSPS) is 10.1. The predicted octanol–water partition coefficient (Wildman–Crippen LogP) is 2.16. The van der Waals surface area contributed by atoms with Gasteiger partial charge in [-0.25, -0.2) is 0 Å². The molecule has 0 aliphatic heterocycles. The molecule has 1 aromatic carbocycles. The summed E-state index contributed by atoms with van der Waals surface area (Å²) < 4.78 is 10.5. The summed E-state index contributed by atoms with van der Waals surface area (Å²) in [6.45, 7) is 2.79. The van der Waals surface area contributed by atoms with Crippen molar-refractivity contribution in [3.05, 3.63) is 17.7 Å². The van der Waals surface area contributed by atoms with Crippen molar-refractivity contribution in [2.75, 3.05) is 33.5 Å². The molecule has 1 aromatic rings. The first kappa shape index (κ1) is 15.1. The molecule has 0 saturated carbocycles. The van der Waals surface area contributed by atoms with Crippen LogP contribution in [0.5, 0.6) is 11.5 Å². The minimum atomic E-state index is -0.115. The smallest absolute Gasteiger partial charge is 0.257 e. The lowest BCUT2D eigenvalue weighted by atomic mass is 10.1. The Morgan fingerprint density at radius 1 is 1.32 bits per heavy atom. The van der Waals surface area contributed by atoms with Gasteiger partial charge in [0.05, 0.1) is 19.8 Å². The second-order valence-corrected chi connectivity index (χ2v) is 4.38. The van der Waals surface area contributed by atoms with Crippen LogP contribution in [-0.4, -0.2) is 38.6 Å². The third-order valence-electron chi connectivity index (χ3n) is 2.93. The number of amides is 1. The maximum atomic E-state index is 12.4. The fraction of sp³-hybridized carbons (Fsp3) is 0.500. The standard InChI is InChI=1S/C14H22N2O3/c1-5-6-7-16(2)14(17)11-8-10(15)9-12(18-3)13(11)19-4/h8-9H,5-7,15H2,1-4H3. The number of anilines is 1. The molecule has 5 heteroatoms. The third kappa shape index (κ3) is 3.53. The van der Waals surface area contributed by atoms with E-state index >= 15 is 0 Å². The molecule has 0 unspecified atom stereocenters. The van der Waals surface area contributed by atoms with E-state index in [4.69, 9.17) is 15.2 Å². The van der Waals surface area contributed by atoms with Crippen LogP contribution in [0.15, 0.2) is 12.1 Å². The molecule has 0 aromatic heterocycles. The van der Waals surface area contributed by atoms with E-state index in [1.54, 1.807) is 24.1 Å². The van der Waals surface area contributed by atoms with Gasteiger partial charge in [0.25, 0.3) is 5.91 Å². The first-order valence-corrected chi connectivity index (χ1v) is 6.32. The van der Waals surface area contributed by atoms with Gasteiger partial charge in [0.2, 0.25) is 0 Å². The SMILES string of the molecule is CCCCN(C)C(=O)c1cc(N)cc(OC)c1OC. The Bertz CT molecular complexity index is 447. The zero-order valence-electron chi connectivity index (χ0n) is 12.0. The Morgan fingerprint density at radius 2 is 2.00 bits per heavy atom. The molecule has 2 N–H and O–H groups in total. The maximum Gasteiger partial charge on any atom is 0.257 e. The summed E-state index contributed by atoms with van der Waals surface area (Å²) >= 11 is 0. The number of nitrogens with two attached hydrogens (primary N) is 1. The monoisotopic (exact) mass is 266 g/mol. The molecule has 0 atom stereocenters. The van der Waals surface area contributed by atoms with Gasteiger partial charge in [-0.3, -0.25) is 4.79 Å². The van der Waals surface area contributed by atoms with Crippen molar-refractivity contribution >= 4 is 11.6 Å². The van der Waals surface area contributed by atoms with E-state index in [0.717, 1.165) is 12.8 Å². The van der Waals surface area contributed by atoms with Gasteiger partial charge in [-0.1, -0.05) is 13.3 Å². The van der Waals surface area contributed by atoms with Gasteiger partial charge in [0, 0.05) is 25.3 Å². The minimum Gasteiger partial charge on any atom is -0.493 e. The number of rotatable bonds is 6. The highest BCUT2D eigenvalue weighted by Crippen LogP contribution is 2.34. The molecule has 1 rings (SSSR count). The van der Waals surface area contributed by atoms with Gasteiger partial charge in [0.1, 0.15) is 0 Å². The van der Waals surface area contributed by atoms with E-state index in [1.165, 1.54) is 14.2 Å². The third-order valence-corrected chi connectivity index (χ3v) is 2.93. The summed E-state index contributed by atoms with van der Waals surface area (Å²) in [4.78, 5) is 14.1. The van der Waals surface area contributed by atoms with Gasteiger partial charge >= 0.3 is 0 Å². The summed E-state index contributed by atoms with van der Waals surface area (Å²) in [6.07, 6.45) is 2.00. The van der Waals surface area contributed by atoms with Gasteiger partial charge < -0.3 is 20.1 Å². The van der Waals surface area contributed by atoms with Crippen LogP contribution in [-0.2, 0) is 0 Å². The Kier molecular flexibility index (Phi) is 5.48. The molecule has 1 amide bonds. The number of nitrogens with zero attached hydrogens (tertiary/aromatic N) is 1. The Labute approximate surface area is 114 Å². The molecule has 0 radical (unpaired) electrons. The van der Waals surface area contributed by atoms with Crippen LogP contribution in [0.25, 0.3) is 0 Å². The summed E-state index contributed by atoms with van der Waals surface area (Å²) in [5.74, 6) is 0.774. The lowest BCUT2D eigenvalue weighted by Gasteiger charge is -2.19. The molecule has 0 saturated heterocycles. The second kappa shape index (κ2) is 6.87. The molecular weight excluding hydrogens is 244 g/mol. The highest BCUT2D eigenvalue weighted by atomic mass is 16.5. The summed E-state index contributed by atoms with van der Waals surface area (Å²) in [6, 6.07) is 3.26. The number of methoxy groups -OCH3 is 2. The average molecular weight is 266 g/mol. The number of ether oxygens (including phenoxy) is 2. The van der Waals surface area contributed by atoms with E-state index in [-0.39, 0.29) is 5.91 Å². The summed E-state index contributed by atoms with van der Waals surface area (Å²) in [5.41, 5.74) is 6.70. The molecule has 0 bridgehead atoms. The molecule has 19 heavy (non-hydrogen) atoms. The van der Waals surface area contributed by atoms with Crippen molar-refractivity contribution < 1.29 is 14.3 Å². The largest absolute Gasteiger partial charge is 0.493 e. The minimum absolute atomic E-state index is 0.115. The maximum absolute atomic E-state index is 12.4. The van der Waals surface area contributed by atoms with Crippen molar-refractivity contribution in [1.29, 1.82) is 0 Å². The lowest BCUT2D eigenvalue weighted by Crippen LogP contribution is -2.28. The van der Waals surface area contributed by atoms with Crippen LogP contribution in [0.4, 0.5) is 5.69 Å². The van der Waals surface area contributed by atoms with Crippen LogP contribution < -0.4 is 15.2 Å². The highest BCUT2D eigenvalue weighted by molar-refractivity contribution is 5.98. The lowest BCUT2D eigenvalue weighted by molar-refractivity contribution is 0.0789. The summed E-state index contributed by atoms with van der Waals surface area (Å²) in [5, 5.41) is 0. The molecular formula is C14H22N2O3. The molecule has 0 aliphatic carbocycles. The number of unbranched alkanes of at least 4 members (excludes halogenated alkanes) is 1. The Hall–Kier alpha value is -1.91. The zero-order valence-corrected chi connectivity index (χ0v) is 12.0. The summed E-state index contributed by atoms with van der Waals surface area (Å²) in [7, 11) is 4.80. The van der Waals surface area contributed by atoms with E-state index in [1.807, 2.05) is 0 Å². The van der Waals surface area contributed by atoms with Crippen molar-refractivity contribution in [1.82, 2.24) is 4.90 Å². The fourth-order valence-electron chi connectivity index (χ4n) is 1.85. The number of hydrogen-bond acceptors (Lipinski definition) is 4. The molecule has 0 aliphatic rings. The van der Waals surface area contributed by atoms with E-state index in [9.17, 15) is 4.79 Å². The molecule has 106 valence electrons. The Morgan fingerprint density at radius 3 is 2.53 bits per heavy atom. The van der Waals surface area contributed by atoms with Crippen molar-refractivity contribution in [2.45, 2.75) is 19.8 Å². The Balaban J connectivity index is 3.10. The number of nitrogen functional groups attached to an aromatic ring is 1. The highest BCUT2D eigenvalue weighted by Gasteiger charge is 2.20. The van der Waals surface area contributed by atoms with Gasteiger partial charge in [-0.15, -0.1) is 0 Å². The first-order chi connectivity index (χ1) is 9.04. The van der Waals surface area contributed by atoms with Gasteiger partial charge in [0.15, 0.2) is 11.5 Å². The van der Waals surface area contributed by atoms with Crippen molar-refractivity contribution in [3.63, 3.8) is 0 Å². The quantitative estimate of drug-likeness (QED) is 0.801. The van der Waals surface area contributed by atoms with Gasteiger partial charge in [-0.2, -0.15) is 0 Å². The fourth-order valence-corrected chi connectivity index (χ4v) is 1.85. The van der Waals surface area contributed by atoms with Crippen molar-refractivity contribution in [3.8, 4) is 11.5 Å². The van der Waals surface area contributed by atoms with Crippen LogP contribution in [0.3, 0.4) is 0 Å². The van der Waals surface area contributed by atoms with Crippen LogP contribution in [0.2, 0.25) is 0 Å². The van der Waals surface area contributed by atoms with E-state index in [2.05, 4.69) is 6.92 Å². The number of carbonyl (C=O) groups excluding carboxylic acids is 1. The topological polar surface area (TPSA) is 64.8 Å². The number of hydrogen-bond donors (Lipinski definition) is 1. The van der Waals surface area contributed by atoms with Crippen LogP contribution in [0.1, 0.15) is 30.1 Å². The molecule has 0 fully saturated rings. The van der Waals surface area contributed by atoms with Crippen molar-refractivity contribution in [2.24, 2.45) is 0 Å². The molecule has 0 heterocycles. The average Bonchev–Trinajstić information content (AvgIpc) is 2.42. The second-order valence-electron chi connectivity index (χ2n) is 4.38. The predicted molar refractivity (Wildman–Crippen MR) is 75.8 cm³/mol. The van der Waals surface area contributed by atoms with Crippen LogP contribution in [0, 0.1) is 0 Å². The molecule has 5 nitrogen and oxygen atoms in total. The van der Waals surface area contributed by atoms with E-state index < -0.39 is 0 Å². The molecule has 0 spiro atoms. The van der Waals surface area contributed by atoms with Crippen LogP contribution >= 0.6 is 0 Å². The van der Waals surface area contributed by atoms with E-state index in [0.29, 0.717) is 29.3 Å². The number of benzene rings is 1. The first-order valence-electron chi connectivity index (χ1n) is 6.32.